The summed E-state index contributed by atoms with van der Waals surface area (Å²) in [5, 5.41) is 0. The average molecular weight is 174 g/mol. The molecule has 0 aliphatic heterocycles. The Bertz CT molecular complexity index is 349. The molecule has 0 fully saturated rings. The summed E-state index contributed by atoms with van der Waals surface area (Å²) in [6.45, 7) is 8.90. The van der Waals surface area contributed by atoms with E-state index in [0.717, 1.165) is 5.56 Å². The molecule has 0 radical (unpaired) electrons. The summed E-state index contributed by atoms with van der Waals surface area (Å²) < 4.78 is 1.50. The molecule has 2 heteroatoms. The third-order valence-electron chi connectivity index (χ3n) is 1.69. The molecule has 1 aromatic rings. The molecule has 0 amide bonds. The Morgan fingerprint density at radius 2 is 2.00 bits per heavy atom. The van der Waals surface area contributed by atoms with Gasteiger partial charge in [-0.1, -0.05) is 19.2 Å². The summed E-state index contributed by atoms with van der Waals surface area (Å²) in [5.41, 5.74) is 1.52. The van der Waals surface area contributed by atoms with Crippen molar-refractivity contribution >= 4 is 12.0 Å². The lowest BCUT2D eigenvalue weighted by molar-refractivity contribution is -0.570. The molecule has 0 saturated carbocycles. The average Bonchev–Trinajstić information content (AvgIpc) is 2.17. The van der Waals surface area contributed by atoms with Crippen molar-refractivity contribution in [3.05, 3.63) is 48.8 Å². The molecule has 0 bridgehead atoms. The molecular weight excluding hydrogens is 162 g/mol. The van der Waals surface area contributed by atoms with E-state index in [1.54, 1.807) is 25.4 Å². The van der Waals surface area contributed by atoms with Gasteiger partial charge in [0, 0.05) is 12.1 Å². The van der Waals surface area contributed by atoms with Crippen LogP contribution in [0.5, 0.6) is 0 Å². The van der Waals surface area contributed by atoms with Crippen molar-refractivity contribution in [3.63, 3.8) is 0 Å². The van der Waals surface area contributed by atoms with Crippen LogP contribution in [0.25, 0.3) is 6.08 Å². The fourth-order valence-corrected chi connectivity index (χ4v) is 0.930. The van der Waals surface area contributed by atoms with Gasteiger partial charge < -0.3 is 0 Å². The van der Waals surface area contributed by atoms with Crippen LogP contribution >= 0.6 is 0 Å². The molecular formula is C11H12NO+. The summed E-state index contributed by atoms with van der Waals surface area (Å²) in [4.78, 5) is 11.4. The molecule has 2 nitrogen and oxygen atoms in total. The highest BCUT2D eigenvalue weighted by Gasteiger charge is 2.13. The van der Waals surface area contributed by atoms with E-state index in [4.69, 9.17) is 0 Å². The number of carbonyl (C=O) groups excluding carboxylic acids is 1. The van der Waals surface area contributed by atoms with E-state index in [2.05, 4.69) is 13.2 Å². The van der Waals surface area contributed by atoms with Gasteiger partial charge in [-0.25, -0.2) is 4.79 Å². The topological polar surface area (TPSA) is 20.9 Å². The number of pyridine rings is 1. The second-order valence-electron chi connectivity index (χ2n) is 2.83. The van der Waals surface area contributed by atoms with Crippen LogP contribution in [-0.2, 0) is 0 Å². The number of aromatic nitrogens is 1. The predicted octanol–water partition coefficient (Wildman–Crippen LogP) is 1.83. The highest BCUT2D eigenvalue weighted by atomic mass is 16.2. The van der Waals surface area contributed by atoms with Gasteiger partial charge in [-0.15, -0.1) is 4.57 Å². The summed E-state index contributed by atoms with van der Waals surface area (Å²) in [5.74, 6) is -0.0874. The second-order valence-corrected chi connectivity index (χ2v) is 2.83. The van der Waals surface area contributed by atoms with Gasteiger partial charge in [0.1, 0.15) is 0 Å². The third-order valence-corrected chi connectivity index (χ3v) is 1.69. The monoisotopic (exact) mass is 174 g/mol. The van der Waals surface area contributed by atoms with Crippen LogP contribution in [0, 0.1) is 0 Å². The minimum atomic E-state index is -0.0874. The highest BCUT2D eigenvalue weighted by molar-refractivity contribution is 5.84. The molecule has 0 spiro atoms. The fourth-order valence-electron chi connectivity index (χ4n) is 0.930. The Morgan fingerprint density at radius 3 is 2.38 bits per heavy atom. The smallest absolute Gasteiger partial charge is 0.214 e. The Labute approximate surface area is 77.8 Å². The van der Waals surface area contributed by atoms with Gasteiger partial charge in [0.05, 0.1) is 5.57 Å². The first kappa shape index (κ1) is 9.39. The Kier molecular flexibility index (Phi) is 2.75. The number of hydrogen-bond donors (Lipinski definition) is 0. The van der Waals surface area contributed by atoms with Crippen LogP contribution < -0.4 is 4.57 Å². The maximum Gasteiger partial charge on any atom is 0.419 e. The molecule has 0 saturated heterocycles. The van der Waals surface area contributed by atoms with Gasteiger partial charge in [-0.2, -0.15) is 0 Å². The van der Waals surface area contributed by atoms with Gasteiger partial charge in [0.25, 0.3) is 0 Å². The van der Waals surface area contributed by atoms with E-state index in [0.29, 0.717) is 5.57 Å². The molecule has 0 aliphatic rings. The fraction of sp³-hybridized carbons (Fsp3) is 0.0909. The summed E-state index contributed by atoms with van der Waals surface area (Å²) in [7, 11) is 0. The lowest BCUT2D eigenvalue weighted by atomic mass is 10.2. The first-order chi connectivity index (χ1) is 6.15. The maximum atomic E-state index is 11.4. The molecule has 0 unspecified atom stereocenters. The van der Waals surface area contributed by atoms with Crippen LogP contribution in [0.1, 0.15) is 17.3 Å². The SMILES string of the molecule is C=Cc1cc[n+](C(=O)C(=C)C)cc1. The summed E-state index contributed by atoms with van der Waals surface area (Å²) >= 11 is 0. The molecule has 1 heterocycles. The van der Waals surface area contributed by atoms with E-state index in [-0.39, 0.29) is 5.91 Å². The second kappa shape index (κ2) is 3.81. The minimum Gasteiger partial charge on any atom is -0.214 e. The van der Waals surface area contributed by atoms with Crippen molar-refractivity contribution in [2.45, 2.75) is 6.92 Å². The zero-order valence-corrected chi connectivity index (χ0v) is 7.66. The first-order valence-electron chi connectivity index (χ1n) is 3.99. The van der Waals surface area contributed by atoms with Crippen molar-refractivity contribution in [1.29, 1.82) is 0 Å². The predicted molar refractivity (Wildman–Crippen MR) is 52.2 cm³/mol. The zero-order valence-electron chi connectivity index (χ0n) is 7.66. The van der Waals surface area contributed by atoms with E-state index < -0.39 is 0 Å². The van der Waals surface area contributed by atoms with Crippen LogP contribution in [0.3, 0.4) is 0 Å². The maximum absolute atomic E-state index is 11.4. The highest BCUT2D eigenvalue weighted by Crippen LogP contribution is 1.96. The van der Waals surface area contributed by atoms with Gasteiger partial charge >= 0.3 is 5.91 Å². The largest absolute Gasteiger partial charge is 0.419 e. The van der Waals surface area contributed by atoms with Crippen molar-refractivity contribution in [3.8, 4) is 0 Å². The van der Waals surface area contributed by atoms with Gasteiger partial charge in [-0.3, -0.25) is 0 Å². The molecule has 0 atom stereocenters. The molecule has 66 valence electrons. The number of carbonyl (C=O) groups is 1. The van der Waals surface area contributed by atoms with Crippen LogP contribution in [-0.4, -0.2) is 5.91 Å². The lowest BCUT2D eigenvalue weighted by Crippen LogP contribution is -2.41. The van der Waals surface area contributed by atoms with Crippen LogP contribution in [0.2, 0.25) is 0 Å². The Morgan fingerprint density at radius 1 is 1.46 bits per heavy atom. The number of allylic oxidation sites excluding steroid dienone is 1. The standard InChI is InChI=1S/C11H12NO/c1-4-10-5-7-12(8-6-10)11(13)9(2)3/h4-8H,1-2H2,3H3/q+1. The number of hydrogen-bond acceptors (Lipinski definition) is 1. The molecule has 1 aromatic heterocycles. The lowest BCUT2D eigenvalue weighted by Gasteiger charge is -1.93. The van der Waals surface area contributed by atoms with E-state index in [1.807, 2.05) is 12.1 Å². The van der Waals surface area contributed by atoms with E-state index in [9.17, 15) is 4.79 Å². The molecule has 0 N–H and O–H groups in total. The summed E-state index contributed by atoms with van der Waals surface area (Å²) in [6.07, 6.45) is 5.14. The summed E-state index contributed by atoms with van der Waals surface area (Å²) in [6, 6.07) is 3.65. The third kappa shape index (κ3) is 2.12. The number of nitrogens with zero attached hydrogens (tertiary/aromatic N) is 1. The van der Waals surface area contributed by atoms with Gasteiger partial charge in [-0.05, 0) is 12.5 Å². The first-order valence-corrected chi connectivity index (χ1v) is 3.99. The van der Waals surface area contributed by atoms with Crippen molar-refractivity contribution in [1.82, 2.24) is 0 Å². The van der Waals surface area contributed by atoms with E-state index in [1.165, 1.54) is 4.57 Å². The van der Waals surface area contributed by atoms with Crippen molar-refractivity contribution < 1.29 is 9.36 Å². The van der Waals surface area contributed by atoms with Crippen molar-refractivity contribution in [2.75, 3.05) is 0 Å². The number of rotatable bonds is 2. The molecule has 1 rings (SSSR count). The van der Waals surface area contributed by atoms with Crippen molar-refractivity contribution in [2.24, 2.45) is 0 Å². The quantitative estimate of drug-likeness (QED) is 0.495. The molecule has 0 aliphatic carbocycles. The van der Waals surface area contributed by atoms with Gasteiger partial charge in [0.15, 0.2) is 12.4 Å². The van der Waals surface area contributed by atoms with E-state index >= 15 is 0 Å². The minimum absolute atomic E-state index is 0.0874. The normalized spacial score (nSPS) is 9.31. The molecule has 0 aromatic carbocycles. The Balaban J connectivity index is 2.98. The Hall–Kier alpha value is -1.70. The van der Waals surface area contributed by atoms with Crippen LogP contribution in [0.4, 0.5) is 0 Å². The molecule has 13 heavy (non-hydrogen) atoms. The zero-order chi connectivity index (χ0) is 9.84. The van der Waals surface area contributed by atoms with Crippen LogP contribution in [0.15, 0.2) is 43.3 Å². The van der Waals surface area contributed by atoms with Gasteiger partial charge in [0.2, 0.25) is 0 Å².